The van der Waals surface area contributed by atoms with Crippen molar-refractivity contribution in [1.82, 2.24) is 0 Å². The molecule has 0 amide bonds. The number of hydrogen-bond acceptors (Lipinski definition) is 2. The van der Waals surface area contributed by atoms with Crippen molar-refractivity contribution in [2.45, 2.75) is 17.8 Å². The normalized spacial score (nSPS) is 12.4. The molecule has 2 N–H and O–H groups in total. The highest BCUT2D eigenvalue weighted by atomic mass is 16.3. The third kappa shape index (κ3) is 4.15. The predicted octanol–water partition coefficient (Wildman–Crippen LogP) is 8.90. The molecule has 6 aromatic rings. The predicted molar refractivity (Wildman–Crippen MR) is 162 cm³/mol. The van der Waals surface area contributed by atoms with Crippen LogP contribution in [0.2, 0.25) is 0 Å². The molecule has 1 unspecified atom stereocenters. The smallest absolute Gasteiger partial charge is 0.120 e. The van der Waals surface area contributed by atoms with Crippen molar-refractivity contribution in [3.8, 4) is 11.5 Å². The van der Waals surface area contributed by atoms with Crippen LogP contribution in [0.25, 0.3) is 21.5 Å². The molecule has 2 nitrogen and oxygen atoms in total. The molecular weight excluding hydrogens is 476 g/mol. The minimum atomic E-state index is -0.916. The van der Waals surface area contributed by atoms with Gasteiger partial charge in [-0.1, -0.05) is 127 Å². The molecule has 0 fully saturated rings. The Morgan fingerprint density at radius 1 is 0.564 bits per heavy atom. The van der Waals surface area contributed by atoms with E-state index in [1.807, 2.05) is 78.9 Å². The molecule has 0 saturated carbocycles. The molecule has 2 heteroatoms. The molecule has 0 aliphatic heterocycles. The second-order valence-corrected chi connectivity index (χ2v) is 10.1. The van der Waals surface area contributed by atoms with E-state index < -0.39 is 5.41 Å². The zero-order valence-electron chi connectivity index (χ0n) is 21.7. The van der Waals surface area contributed by atoms with Gasteiger partial charge in [-0.15, -0.1) is 6.58 Å². The summed E-state index contributed by atoms with van der Waals surface area (Å²) in [5.41, 5.74) is 2.80. The largest absolute Gasteiger partial charge is 0.508 e. The Bertz CT molecular complexity index is 1690. The van der Waals surface area contributed by atoms with Crippen LogP contribution in [0.3, 0.4) is 0 Å². The maximum absolute atomic E-state index is 11.8. The fourth-order valence-corrected chi connectivity index (χ4v) is 6.38. The van der Waals surface area contributed by atoms with Crippen LogP contribution in [-0.2, 0) is 11.8 Å². The highest BCUT2D eigenvalue weighted by Crippen LogP contribution is 2.56. The lowest BCUT2D eigenvalue weighted by Gasteiger charge is -2.43. The van der Waals surface area contributed by atoms with Crippen LogP contribution in [0.1, 0.15) is 28.2 Å². The third-order valence-electron chi connectivity index (χ3n) is 7.96. The minimum absolute atomic E-state index is 0.194. The summed E-state index contributed by atoms with van der Waals surface area (Å²) < 4.78 is 0. The van der Waals surface area contributed by atoms with E-state index in [0.717, 1.165) is 43.8 Å². The van der Waals surface area contributed by atoms with Crippen LogP contribution in [0, 0.1) is 0 Å². The van der Waals surface area contributed by atoms with Crippen molar-refractivity contribution >= 4 is 21.5 Å². The lowest BCUT2D eigenvalue weighted by atomic mass is 9.58. The third-order valence-corrected chi connectivity index (χ3v) is 7.96. The van der Waals surface area contributed by atoms with Crippen molar-refractivity contribution in [2.75, 3.05) is 0 Å². The average Bonchev–Trinajstić information content (AvgIpc) is 2.98. The minimum Gasteiger partial charge on any atom is -0.508 e. The van der Waals surface area contributed by atoms with Gasteiger partial charge in [0, 0.05) is 22.5 Å². The Hall–Kier alpha value is -4.82. The van der Waals surface area contributed by atoms with Gasteiger partial charge in [0.1, 0.15) is 11.5 Å². The Morgan fingerprint density at radius 3 is 1.54 bits per heavy atom. The molecule has 6 rings (SSSR count). The topological polar surface area (TPSA) is 40.5 Å². The maximum Gasteiger partial charge on any atom is 0.120 e. The SMILES string of the molecule is C=CC(c1ccccc1)C(Cc1ccccc1)(c1c(O)ccc2ccccc12)c1c(O)ccc2ccccc12. The molecule has 0 aliphatic carbocycles. The number of benzene rings is 6. The van der Waals surface area contributed by atoms with Crippen LogP contribution in [0.15, 0.2) is 146 Å². The first kappa shape index (κ1) is 24.5. The first-order chi connectivity index (χ1) is 19.1. The van der Waals surface area contributed by atoms with Gasteiger partial charge in [-0.25, -0.2) is 0 Å². The summed E-state index contributed by atoms with van der Waals surface area (Å²) in [6.45, 7) is 4.35. The number of rotatable bonds is 7. The van der Waals surface area contributed by atoms with Gasteiger partial charge in [-0.05, 0) is 51.2 Å². The summed E-state index contributed by atoms with van der Waals surface area (Å²) in [6.07, 6.45) is 2.50. The molecule has 190 valence electrons. The van der Waals surface area contributed by atoms with E-state index in [1.54, 1.807) is 12.1 Å². The number of hydrogen-bond donors (Lipinski definition) is 2. The number of allylic oxidation sites excluding steroid dienone is 1. The summed E-state index contributed by atoms with van der Waals surface area (Å²) in [5.74, 6) is 0.104. The lowest BCUT2D eigenvalue weighted by molar-refractivity contribution is 0.394. The van der Waals surface area contributed by atoms with Crippen molar-refractivity contribution < 1.29 is 10.2 Å². The van der Waals surface area contributed by atoms with E-state index in [9.17, 15) is 10.2 Å². The van der Waals surface area contributed by atoms with Gasteiger partial charge >= 0.3 is 0 Å². The second kappa shape index (κ2) is 10.2. The second-order valence-electron chi connectivity index (χ2n) is 10.1. The van der Waals surface area contributed by atoms with Crippen LogP contribution in [-0.4, -0.2) is 10.2 Å². The summed E-state index contributed by atoms with van der Waals surface area (Å²) in [6, 6.07) is 44.4. The van der Waals surface area contributed by atoms with Gasteiger partial charge in [0.15, 0.2) is 0 Å². The van der Waals surface area contributed by atoms with E-state index in [0.29, 0.717) is 6.42 Å². The van der Waals surface area contributed by atoms with E-state index in [2.05, 4.69) is 55.1 Å². The Labute approximate surface area is 229 Å². The highest BCUT2D eigenvalue weighted by Gasteiger charge is 2.47. The molecule has 0 heterocycles. The number of phenols is 2. The fraction of sp³-hybridized carbons (Fsp3) is 0.0811. The zero-order valence-corrected chi connectivity index (χ0v) is 21.7. The summed E-state index contributed by atoms with van der Waals surface area (Å²) >= 11 is 0. The summed E-state index contributed by atoms with van der Waals surface area (Å²) in [4.78, 5) is 0. The van der Waals surface area contributed by atoms with Crippen molar-refractivity contribution in [3.05, 3.63) is 168 Å². The van der Waals surface area contributed by atoms with Crippen molar-refractivity contribution in [3.63, 3.8) is 0 Å². The Balaban J connectivity index is 1.86. The van der Waals surface area contributed by atoms with Crippen molar-refractivity contribution in [2.24, 2.45) is 0 Å². The zero-order chi connectivity index (χ0) is 26.8. The number of aromatic hydroxyl groups is 2. The van der Waals surface area contributed by atoms with Gasteiger partial charge in [0.05, 0.1) is 0 Å². The molecule has 6 aromatic carbocycles. The standard InChI is InChI=1S/C37H30O2/c1-2-32(29-17-7-4-8-18-29)37(25-26-13-5-3-6-14-26,35-30-19-11-9-15-27(30)21-23-33(35)38)36-31-20-12-10-16-28(31)22-24-34(36)39/h2-24,32,38-39H,1,25H2. The van der Waals surface area contributed by atoms with Gasteiger partial charge in [0.2, 0.25) is 0 Å². The molecule has 0 aromatic heterocycles. The Morgan fingerprint density at radius 2 is 1.03 bits per heavy atom. The van der Waals surface area contributed by atoms with Crippen LogP contribution < -0.4 is 0 Å². The molecule has 1 atom stereocenters. The summed E-state index contributed by atoms with van der Waals surface area (Å²) in [7, 11) is 0. The van der Waals surface area contributed by atoms with Crippen LogP contribution in [0.4, 0.5) is 0 Å². The van der Waals surface area contributed by atoms with Gasteiger partial charge in [-0.3, -0.25) is 0 Å². The van der Waals surface area contributed by atoms with E-state index in [1.165, 1.54) is 0 Å². The first-order valence-electron chi connectivity index (χ1n) is 13.3. The van der Waals surface area contributed by atoms with E-state index >= 15 is 0 Å². The van der Waals surface area contributed by atoms with Gasteiger partial charge in [0.25, 0.3) is 0 Å². The number of fused-ring (bicyclic) bond motifs is 2. The van der Waals surface area contributed by atoms with Crippen molar-refractivity contribution in [1.29, 1.82) is 0 Å². The highest BCUT2D eigenvalue weighted by molar-refractivity contribution is 5.94. The quantitative estimate of drug-likeness (QED) is 0.212. The number of phenolic OH excluding ortho intramolecular Hbond substituents is 2. The van der Waals surface area contributed by atoms with E-state index in [4.69, 9.17) is 0 Å². The van der Waals surface area contributed by atoms with E-state index in [-0.39, 0.29) is 17.4 Å². The molecular formula is C37H30O2. The Kier molecular flexibility index (Phi) is 6.38. The van der Waals surface area contributed by atoms with Crippen LogP contribution >= 0.6 is 0 Å². The molecule has 39 heavy (non-hydrogen) atoms. The summed E-state index contributed by atoms with van der Waals surface area (Å²) in [5, 5.41) is 27.6. The lowest BCUT2D eigenvalue weighted by Crippen LogP contribution is -2.37. The molecule has 0 aliphatic rings. The molecule has 0 spiro atoms. The van der Waals surface area contributed by atoms with Crippen LogP contribution in [0.5, 0.6) is 11.5 Å². The fourth-order valence-electron chi connectivity index (χ4n) is 6.38. The van der Waals surface area contributed by atoms with Gasteiger partial charge in [-0.2, -0.15) is 0 Å². The van der Waals surface area contributed by atoms with Gasteiger partial charge < -0.3 is 10.2 Å². The maximum atomic E-state index is 11.8. The molecule has 0 bridgehead atoms. The monoisotopic (exact) mass is 506 g/mol. The first-order valence-corrected chi connectivity index (χ1v) is 13.3. The molecule has 0 radical (unpaired) electrons. The molecule has 0 saturated heterocycles. The average molecular weight is 507 g/mol.